The molecule has 0 N–H and O–H groups in total. The summed E-state index contributed by atoms with van der Waals surface area (Å²) in [4.78, 5) is 15.4. The maximum Gasteiger partial charge on any atom is 0.179 e. The number of Topliss-reactive ketones (excluding diaryl/α,β-unsaturated/α-hetero) is 1. The predicted molar refractivity (Wildman–Crippen MR) is 67.5 cm³/mol. The molecular weight excluding hydrogens is 255 g/mol. The van der Waals surface area contributed by atoms with E-state index in [-0.39, 0.29) is 10.8 Å². The first-order chi connectivity index (χ1) is 8.49. The molecule has 0 aliphatic heterocycles. The van der Waals surface area contributed by atoms with E-state index in [2.05, 4.69) is 4.98 Å². The predicted octanol–water partition coefficient (Wildman–Crippen LogP) is 3.23. The molecule has 2 rings (SSSR count). The van der Waals surface area contributed by atoms with Crippen LogP contribution in [0.15, 0.2) is 24.4 Å². The number of hydrogen-bond acceptors (Lipinski definition) is 2. The van der Waals surface area contributed by atoms with Gasteiger partial charge in [-0.2, -0.15) is 0 Å². The highest BCUT2D eigenvalue weighted by molar-refractivity contribution is 6.31. The number of carbonyl (C=O) groups excluding carboxylic acids is 1. The lowest BCUT2D eigenvalue weighted by atomic mass is 10.2. The Kier molecular flexibility index (Phi) is 3.48. The number of ketones is 1. The molecule has 94 valence electrons. The van der Waals surface area contributed by atoms with Gasteiger partial charge in [-0.05, 0) is 18.6 Å². The lowest BCUT2D eigenvalue weighted by Crippen LogP contribution is -2.02. The van der Waals surface area contributed by atoms with Gasteiger partial charge in [-0.1, -0.05) is 23.7 Å². The Labute approximate surface area is 109 Å². The van der Waals surface area contributed by atoms with E-state index >= 15 is 0 Å². The van der Waals surface area contributed by atoms with Gasteiger partial charge in [0.15, 0.2) is 5.78 Å². The zero-order chi connectivity index (χ0) is 13.3. The molecule has 0 saturated carbocycles. The van der Waals surface area contributed by atoms with Crippen LogP contribution in [-0.4, -0.2) is 15.3 Å². The molecule has 0 aliphatic carbocycles. The van der Waals surface area contributed by atoms with Crippen LogP contribution in [0.1, 0.15) is 28.8 Å². The summed E-state index contributed by atoms with van der Waals surface area (Å²) in [6, 6.07) is 4.67. The van der Waals surface area contributed by atoms with Gasteiger partial charge in [-0.15, -0.1) is 0 Å². The molecule has 0 aliphatic rings. The van der Waals surface area contributed by atoms with Crippen LogP contribution >= 0.6 is 11.6 Å². The quantitative estimate of drug-likeness (QED) is 0.800. The number of nitrogens with zero attached hydrogens (tertiary/aromatic N) is 2. The number of carbonyl (C=O) groups is 1. The van der Waals surface area contributed by atoms with Gasteiger partial charge >= 0.3 is 0 Å². The fourth-order valence-corrected chi connectivity index (χ4v) is 1.88. The number of aryl methyl sites for hydroxylation is 1. The van der Waals surface area contributed by atoms with E-state index in [0.717, 1.165) is 0 Å². The zero-order valence-electron chi connectivity index (χ0n) is 10.1. The highest BCUT2D eigenvalue weighted by Crippen LogP contribution is 2.21. The molecule has 0 fully saturated rings. The normalized spacial score (nSPS) is 10.7. The summed E-state index contributed by atoms with van der Waals surface area (Å²) in [6.07, 6.45) is 1.65. The summed E-state index contributed by atoms with van der Waals surface area (Å²) in [5.41, 5.74) is 1.06. The van der Waals surface area contributed by atoms with Crippen LogP contribution in [-0.2, 0) is 6.54 Å². The minimum Gasteiger partial charge on any atom is -0.330 e. The van der Waals surface area contributed by atoms with Crippen molar-refractivity contribution in [3.8, 4) is 0 Å². The third-order valence-corrected chi connectivity index (χ3v) is 3.13. The topological polar surface area (TPSA) is 34.9 Å². The summed E-state index contributed by atoms with van der Waals surface area (Å²) in [5, 5.41) is 0.106. The minimum atomic E-state index is -0.446. The Morgan fingerprint density at radius 2 is 2.22 bits per heavy atom. The maximum absolute atomic E-state index is 13.3. The average Bonchev–Trinajstić information content (AvgIpc) is 2.67. The number of benzene rings is 1. The van der Waals surface area contributed by atoms with Gasteiger partial charge in [0.05, 0.1) is 11.6 Å². The van der Waals surface area contributed by atoms with Gasteiger partial charge in [0.25, 0.3) is 0 Å². The first-order valence-corrected chi connectivity index (χ1v) is 5.84. The van der Waals surface area contributed by atoms with Crippen molar-refractivity contribution >= 4 is 17.4 Å². The minimum absolute atomic E-state index is 0.0952. The van der Waals surface area contributed by atoms with E-state index in [4.69, 9.17) is 11.6 Å². The van der Waals surface area contributed by atoms with Crippen LogP contribution < -0.4 is 0 Å². The van der Waals surface area contributed by atoms with Gasteiger partial charge in [-0.25, -0.2) is 9.37 Å². The van der Waals surface area contributed by atoms with E-state index in [1.165, 1.54) is 13.0 Å². The molecule has 0 bridgehead atoms. The summed E-state index contributed by atoms with van der Waals surface area (Å²) in [6.45, 7) is 3.64. The summed E-state index contributed by atoms with van der Waals surface area (Å²) >= 11 is 5.89. The monoisotopic (exact) mass is 266 g/mol. The second-order valence-electron chi connectivity index (χ2n) is 4.07. The Balaban J connectivity index is 2.34. The average molecular weight is 267 g/mol. The molecule has 0 amide bonds. The SMILES string of the molecule is CC(=O)c1cn(Cc2cccc(F)c2Cl)c(C)n1. The van der Waals surface area contributed by atoms with Crippen LogP contribution in [0.2, 0.25) is 5.02 Å². The second kappa shape index (κ2) is 4.90. The molecule has 0 atom stereocenters. The van der Waals surface area contributed by atoms with Crippen molar-refractivity contribution < 1.29 is 9.18 Å². The summed E-state index contributed by atoms with van der Waals surface area (Å²) in [5.74, 6) is 0.154. The number of halogens is 2. The van der Waals surface area contributed by atoms with Crippen molar-refractivity contribution in [3.05, 3.63) is 52.3 Å². The van der Waals surface area contributed by atoms with Crippen LogP contribution in [0.3, 0.4) is 0 Å². The van der Waals surface area contributed by atoms with Gasteiger partial charge in [-0.3, -0.25) is 4.79 Å². The molecule has 0 saturated heterocycles. The smallest absolute Gasteiger partial charge is 0.179 e. The zero-order valence-corrected chi connectivity index (χ0v) is 10.8. The lowest BCUT2D eigenvalue weighted by molar-refractivity contribution is 0.101. The first-order valence-electron chi connectivity index (χ1n) is 5.46. The van der Waals surface area contributed by atoms with Crippen LogP contribution in [0.5, 0.6) is 0 Å². The third-order valence-electron chi connectivity index (χ3n) is 2.71. The molecule has 18 heavy (non-hydrogen) atoms. The van der Waals surface area contributed by atoms with Crippen molar-refractivity contribution in [2.24, 2.45) is 0 Å². The molecular formula is C13H12ClFN2O. The van der Waals surface area contributed by atoms with Crippen molar-refractivity contribution in [2.45, 2.75) is 20.4 Å². The van der Waals surface area contributed by atoms with Crippen molar-refractivity contribution in [1.29, 1.82) is 0 Å². The number of rotatable bonds is 3. The Morgan fingerprint density at radius 1 is 1.50 bits per heavy atom. The molecule has 1 heterocycles. The molecule has 0 spiro atoms. The van der Waals surface area contributed by atoms with Crippen molar-refractivity contribution in [3.63, 3.8) is 0 Å². The molecule has 1 aromatic carbocycles. The number of aromatic nitrogens is 2. The first kappa shape index (κ1) is 12.8. The number of hydrogen-bond donors (Lipinski definition) is 0. The maximum atomic E-state index is 13.3. The lowest BCUT2D eigenvalue weighted by Gasteiger charge is -2.07. The van der Waals surface area contributed by atoms with Crippen molar-refractivity contribution in [2.75, 3.05) is 0 Å². The largest absolute Gasteiger partial charge is 0.330 e. The van der Waals surface area contributed by atoms with E-state index in [0.29, 0.717) is 23.6 Å². The van der Waals surface area contributed by atoms with Gasteiger partial charge in [0.1, 0.15) is 17.3 Å². The fraction of sp³-hybridized carbons (Fsp3) is 0.231. The van der Waals surface area contributed by atoms with Crippen LogP contribution in [0.25, 0.3) is 0 Å². The molecule has 5 heteroatoms. The van der Waals surface area contributed by atoms with Gasteiger partial charge in [0, 0.05) is 13.1 Å². The fourth-order valence-electron chi connectivity index (χ4n) is 1.69. The molecule has 3 nitrogen and oxygen atoms in total. The van der Waals surface area contributed by atoms with E-state index in [1.54, 1.807) is 29.8 Å². The molecule has 1 aromatic heterocycles. The molecule has 0 unspecified atom stereocenters. The van der Waals surface area contributed by atoms with E-state index < -0.39 is 5.82 Å². The van der Waals surface area contributed by atoms with E-state index in [9.17, 15) is 9.18 Å². The Bertz CT molecular complexity index is 607. The van der Waals surface area contributed by atoms with Gasteiger partial charge < -0.3 is 4.57 Å². The number of imidazole rings is 1. The summed E-state index contributed by atoms with van der Waals surface area (Å²) < 4.78 is 15.1. The van der Waals surface area contributed by atoms with E-state index in [1.807, 2.05) is 0 Å². The highest BCUT2D eigenvalue weighted by Gasteiger charge is 2.11. The van der Waals surface area contributed by atoms with Crippen LogP contribution in [0.4, 0.5) is 4.39 Å². The highest BCUT2D eigenvalue weighted by atomic mass is 35.5. The van der Waals surface area contributed by atoms with Gasteiger partial charge in [0.2, 0.25) is 0 Å². The summed E-state index contributed by atoms with van der Waals surface area (Å²) in [7, 11) is 0. The van der Waals surface area contributed by atoms with Crippen molar-refractivity contribution in [1.82, 2.24) is 9.55 Å². The standard InChI is InChI=1S/C13H12ClFN2O/c1-8(18)12-7-17(9(2)16-12)6-10-4-3-5-11(15)13(10)14/h3-5,7H,6H2,1-2H3. The van der Waals surface area contributed by atoms with Crippen LogP contribution in [0, 0.1) is 12.7 Å². The molecule has 2 aromatic rings. The Hall–Kier alpha value is -1.68. The Morgan fingerprint density at radius 3 is 2.83 bits per heavy atom. The second-order valence-corrected chi connectivity index (χ2v) is 4.45. The molecule has 0 radical (unpaired) electrons. The third kappa shape index (κ3) is 2.43.